The van der Waals surface area contributed by atoms with E-state index in [1.807, 2.05) is 12.1 Å². The molecular weight excluding hydrogens is 220 g/mol. The first-order valence-corrected chi connectivity index (χ1v) is 6.50. The smallest absolute Gasteiger partial charge is 0.0724 e. The molecule has 0 N–H and O–H groups in total. The summed E-state index contributed by atoms with van der Waals surface area (Å²) < 4.78 is 5.92. The van der Waals surface area contributed by atoms with Gasteiger partial charge in [0.1, 0.15) is 0 Å². The van der Waals surface area contributed by atoms with Crippen LogP contribution in [0.1, 0.15) is 50.2 Å². The molecule has 0 unspecified atom stereocenters. The summed E-state index contributed by atoms with van der Waals surface area (Å²) in [4.78, 5) is 0. The van der Waals surface area contributed by atoms with Gasteiger partial charge in [0, 0.05) is 10.9 Å². The largest absolute Gasteiger partial charge is 0.373 e. The zero-order valence-corrected chi connectivity index (χ0v) is 10.8. The number of hydrogen-bond acceptors (Lipinski definition) is 1. The molecule has 1 aromatic carbocycles. The van der Waals surface area contributed by atoms with Crippen LogP contribution in [-0.4, -0.2) is 6.10 Å². The molecule has 1 aromatic rings. The molecule has 1 aliphatic heterocycles. The molecule has 2 rings (SSSR count). The summed E-state index contributed by atoms with van der Waals surface area (Å²) in [6, 6.07) is 6.17. The maximum atomic E-state index is 5.99. The minimum absolute atomic E-state index is 0.383. The van der Waals surface area contributed by atoms with Crippen molar-refractivity contribution < 1.29 is 4.74 Å². The molecule has 0 fully saturated rings. The third-order valence-corrected chi connectivity index (χ3v) is 3.68. The minimum atomic E-state index is 0.383. The minimum Gasteiger partial charge on any atom is -0.373 e. The zero-order valence-electron chi connectivity index (χ0n) is 10.0. The Kier molecular flexibility index (Phi) is 3.88. The maximum Gasteiger partial charge on any atom is 0.0724 e. The standard InChI is InChI=1S/C14H19ClO/c1-3-4-5-14-10(2)13-7-6-12(15)8-11(13)9-16-14/h6-8,10,14H,3-5,9H2,1-2H3/t10-,14-/m0/s1. The zero-order chi connectivity index (χ0) is 11.5. The van der Waals surface area contributed by atoms with E-state index >= 15 is 0 Å². The van der Waals surface area contributed by atoms with Gasteiger partial charge in [0.05, 0.1) is 12.7 Å². The van der Waals surface area contributed by atoms with E-state index < -0.39 is 0 Å². The van der Waals surface area contributed by atoms with E-state index in [2.05, 4.69) is 19.9 Å². The van der Waals surface area contributed by atoms with E-state index in [9.17, 15) is 0 Å². The van der Waals surface area contributed by atoms with E-state index in [1.54, 1.807) is 0 Å². The number of ether oxygens (including phenoxy) is 1. The van der Waals surface area contributed by atoms with E-state index in [4.69, 9.17) is 16.3 Å². The lowest BCUT2D eigenvalue weighted by Gasteiger charge is -2.31. The molecule has 0 bridgehead atoms. The van der Waals surface area contributed by atoms with Gasteiger partial charge >= 0.3 is 0 Å². The van der Waals surface area contributed by atoms with Crippen LogP contribution in [0.5, 0.6) is 0 Å². The van der Waals surface area contributed by atoms with Gasteiger partial charge in [0.2, 0.25) is 0 Å². The number of benzene rings is 1. The molecule has 2 heteroatoms. The number of fused-ring (bicyclic) bond motifs is 1. The van der Waals surface area contributed by atoms with Gasteiger partial charge < -0.3 is 4.74 Å². The predicted octanol–water partition coefficient (Wildman–Crippen LogP) is 4.53. The van der Waals surface area contributed by atoms with Crippen LogP contribution in [0.2, 0.25) is 5.02 Å². The van der Waals surface area contributed by atoms with Gasteiger partial charge in [-0.3, -0.25) is 0 Å². The molecule has 16 heavy (non-hydrogen) atoms. The fourth-order valence-corrected chi connectivity index (χ4v) is 2.62. The summed E-state index contributed by atoms with van der Waals surface area (Å²) in [5, 5.41) is 0.807. The first-order valence-electron chi connectivity index (χ1n) is 6.12. The third-order valence-electron chi connectivity index (χ3n) is 3.45. The molecule has 88 valence electrons. The Bertz CT molecular complexity index is 362. The lowest BCUT2D eigenvalue weighted by Crippen LogP contribution is -2.26. The van der Waals surface area contributed by atoms with E-state index in [0.717, 1.165) is 5.02 Å². The second kappa shape index (κ2) is 5.20. The second-order valence-electron chi connectivity index (χ2n) is 4.62. The Labute approximate surface area is 103 Å². The Morgan fingerprint density at radius 2 is 2.25 bits per heavy atom. The van der Waals surface area contributed by atoms with Crippen molar-refractivity contribution in [2.75, 3.05) is 0 Å². The Morgan fingerprint density at radius 1 is 1.44 bits per heavy atom. The fourth-order valence-electron chi connectivity index (χ4n) is 2.42. The monoisotopic (exact) mass is 238 g/mol. The summed E-state index contributed by atoms with van der Waals surface area (Å²) in [6.45, 7) is 5.20. The molecule has 2 atom stereocenters. The molecule has 0 radical (unpaired) electrons. The Hall–Kier alpha value is -0.530. The van der Waals surface area contributed by atoms with Crippen molar-refractivity contribution in [1.82, 2.24) is 0 Å². The molecule has 0 amide bonds. The number of rotatable bonds is 3. The van der Waals surface area contributed by atoms with Crippen LogP contribution in [0.4, 0.5) is 0 Å². The van der Waals surface area contributed by atoms with E-state index in [0.29, 0.717) is 18.6 Å². The Balaban J connectivity index is 2.15. The van der Waals surface area contributed by atoms with Gasteiger partial charge in [-0.2, -0.15) is 0 Å². The van der Waals surface area contributed by atoms with Crippen LogP contribution in [-0.2, 0) is 11.3 Å². The van der Waals surface area contributed by atoms with E-state index in [1.165, 1.54) is 30.4 Å². The average Bonchev–Trinajstić information content (AvgIpc) is 2.28. The summed E-state index contributed by atoms with van der Waals surface area (Å²) in [6.07, 6.45) is 4.03. The molecule has 0 spiro atoms. The highest BCUT2D eigenvalue weighted by Gasteiger charge is 2.26. The lowest BCUT2D eigenvalue weighted by molar-refractivity contribution is 0.00529. The van der Waals surface area contributed by atoms with Crippen molar-refractivity contribution in [1.29, 1.82) is 0 Å². The molecule has 0 aromatic heterocycles. The van der Waals surface area contributed by atoms with Crippen LogP contribution in [0.3, 0.4) is 0 Å². The quantitative estimate of drug-likeness (QED) is 0.752. The molecule has 0 saturated heterocycles. The van der Waals surface area contributed by atoms with Crippen LogP contribution >= 0.6 is 11.6 Å². The Morgan fingerprint density at radius 3 is 3.00 bits per heavy atom. The van der Waals surface area contributed by atoms with Gasteiger partial charge in [-0.15, -0.1) is 0 Å². The van der Waals surface area contributed by atoms with Crippen LogP contribution < -0.4 is 0 Å². The lowest BCUT2D eigenvalue weighted by atomic mass is 9.87. The maximum absolute atomic E-state index is 5.99. The highest BCUT2D eigenvalue weighted by atomic mass is 35.5. The fraction of sp³-hybridized carbons (Fsp3) is 0.571. The topological polar surface area (TPSA) is 9.23 Å². The molecule has 0 aliphatic carbocycles. The number of unbranched alkanes of at least 4 members (excludes halogenated alkanes) is 1. The van der Waals surface area contributed by atoms with Crippen LogP contribution in [0, 0.1) is 0 Å². The second-order valence-corrected chi connectivity index (χ2v) is 5.06. The van der Waals surface area contributed by atoms with Crippen LogP contribution in [0.15, 0.2) is 18.2 Å². The summed E-state index contributed by atoms with van der Waals surface area (Å²) in [7, 11) is 0. The highest BCUT2D eigenvalue weighted by Crippen LogP contribution is 2.34. The van der Waals surface area contributed by atoms with Crippen molar-refractivity contribution in [2.45, 2.75) is 51.7 Å². The first-order chi connectivity index (χ1) is 7.72. The summed E-state index contributed by atoms with van der Waals surface area (Å²) in [5.41, 5.74) is 2.67. The SMILES string of the molecule is CCCC[C@@H]1OCc2cc(Cl)ccc2[C@@H]1C. The third kappa shape index (κ3) is 2.41. The van der Waals surface area contributed by atoms with Crippen molar-refractivity contribution >= 4 is 11.6 Å². The summed E-state index contributed by atoms with van der Waals surface area (Å²) in [5.74, 6) is 0.493. The number of hydrogen-bond donors (Lipinski definition) is 0. The average molecular weight is 239 g/mol. The van der Waals surface area contributed by atoms with E-state index in [-0.39, 0.29) is 0 Å². The van der Waals surface area contributed by atoms with Crippen LogP contribution in [0.25, 0.3) is 0 Å². The highest BCUT2D eigenvalue weighted by molar-refractivity contribution is 6.30. The number of halogens is 1. The van der Waals surface area contributed by atoms with Crippen molar-refractivity contribution in [3.05, 3.63) is 34.3 Å². The van der Waals surface area contributed by atoms with Crippen molar-refractivity contribution in [2.24, 2.45) is 0 Å². The van der Waals surface area contributed by atoms with Crippen molar-refractivity contribution in [3.8, 4) is 0 Å². The molecule has 1 aliphatic rings. The first kappa shape index (κ1) is 11.9. The predicted molar refractivity (Wildman–Crippen MR) is 68.0 cm³/mol. The molecule has 1 nitrogen and oxygen atoms in total. The van der Waals surface area contributed by atoms with Gasteiger partial charge in [-0.05, 0) is 29.7 Å². The van der Waals surface area contributed by atoms with Gasteiger partial charge in [-0.25, -0.2) is 0 Å². The van der Waals surface area contributed by atoms with Gasteiger partial charge in [0.15, 0.2) is 0 Å². The molecular formula is C14H19ClO. The van der Waals surface area contributed by atoms with Gasteiger partial charge in [-0.1, -0.05) is 44.4 Å². The molecule has 1 heterocycles. The van der Waals surface area contributed by atoms with Gasteiger partial charge in [0.25, 0.3) is 0 Å². The summed E-state index contributed by atoms with van der Waals surface area (Å²) >= 11 is 5.99. The van der Waals surface area contributed by atoms with Crippen molar-refractivity contribution in [3.63, 3.8) is 0 Å². The normalized spacial score (nSPS) is 24.2. The molecule has 0 saturated carbocycles.